The Bertz CT molecular complexity index is 1320. The molecule has 7 heteroatoms. The lowest BCUT2D eigenvalue weighted by atomic mass is 10.1. The number of ketones is 1. The Balaban J connectivity index is 1.63. The van der Waals surface area contributed by atoms with Crippen LogP contribution >= 0.6 is 0 Å². The monoisotopic (exact) mass is 450 g/mol. The third-order valence-corrected chi connectivity index (χ3v) is 6.69. The number of aliphatic hydroxyl groups excluding tert-OH is 1. The molecule has 0 saturated carbocycles. The van der Waals surface area contributed by atoms with Gasteiger partial charge in [0, 0.05) is 28.2 Å². The second kappa shape index (κ2) is 8.76. The predicted octanol–water partition coefficient (Wildman–Crippen LogP) is 3.75. The van der Waals surface area contributed by atoms with Gasteiger partial charge in [0.15, 0.2) is 0 Å². The van der Waals surface area contributed by atoms with Crippen LogP contribution in [0.2, 0.25) is 0 Å². The number of carbonyl (C=O) groups excluding carboxylic acids is 1. The summed E-state index contributed by atoms with van der Waals surface area (Å²) in [5, 5.41) is 13.1. The van der Waals surface area contributed by atoms with E-state index in [9.17, 15) is 18.3 Å². The van der Waals surface area contributed by atoms with Crippen LogP contribution in [0.5, 0.6) is 0 Å². The fourth-order valence-corrected chi connectivity index (χ4v) is 5.11. The molecule has 0 bridgehead atoms. The molecule has 4 rings (SSSR count). The van der Waals surface area contributed by atoms with E-state index in [0.29, 0.717) is 12.1 Å². The molecule has 3 aromatic carbocycles. The molecule has 0 aliphatic carbocycles. The molecule has 0 amide bonds. The van der Waals surface area contributed by atoms with Crippen LogP contribution in [0, 0.1) is 0 Å². The summed E-state index contributed by atoms with van der Waals surface area (Å²) in [5.41, 5.74) is 3.26. The van der Waals surface area contributed by atoms with Crippen molar-refractivity contribution in [2.24, 2.45) is 0 Å². The zero-order chi connectivity index (χ0) is 22.9. The van der Waals surface area contributed by atoms with Crippen LogP contribution in [0.3, 0.4) is 0 Å². The number of Topliss-reactive ketones (excluding diaryl/α,β-unsaturated/α-hetero) is 1. The number of sulfonamides is 1. The van der Waals surface area contributed by atoms with Crippen molar-refractivity contribution in [1.29, 1.82) is 0 Å². The average Bonchev–Trinajstić information content (AvgIpc) is 3.06. The number of fused-ring (bicyclic) bond motifs is 3. The number of aromatic nitrogens is 1. The van der Waals surface area contributed by atoms with Gasteiger partial charge in [-0.3, -0.25) is 9.10 Å². The van der Waals surface area contributed by atoms with E-state index in [1.165, 1.54) is 11.2 Å². The number of hydrogen-bond donors (Lipinski definition) is 1. The van der Waals surface area contributed by atoms with Crippen molar-refractivity contribution in [2.45, 2.75) is 26.0 Å². The molecule has 1 N–H and O–H groups in total. The Morgan fingerprint density at radius 2 is 1.47 bits per heavy atom. The standard InChI is InChI=1S/C25H26N2O4S/c1-18(28)15-19-11-13-20(14-12-19)27(32(2,30)31)17-21(29)16-26-24-9-5-3-7-22(24)23-8-4-6-10-25(23)26/h3-14,21,29H,15-17H2,1-2H3. The lowest BCUT2D eigenvalue weighted by molar-refractivity contribution is -0.116. The van der Waals surface area contributed by atoms with Gasteiger partial charge in [0.2, 0.25) is 10.0 Å². The number of hydrogen-bond acceptors (Lipinski definition) is 4. The zero-order valence-electron chi connectivity index (χ0n) is 18.1. The van der Waals surface area contributed by atoms with E-state index in [4.69, 9.17) is 0 Å². The Hall–Kier alpha value is -3.16. The summed E-state index contributed by atoms with van der Waals surface area (Å²) in [4.78, 5) is 11.3. The van der Waals surface area contributed by atoms with Crippen LogP contribution in [0.1, 0.15) is 12.5 Å². The van der Waals surface area contributed by atoms with Crippen LogP contribution in [0.15, 0.2) is 72.8 Å². The lowest BCUT2D eigenvalue weighted by Gasteiger charge is -2.26. The molecule has 1 aromatic heterocycles. The summed E-state index contributed by atoms with van der Waals surface area (Å²) in [6.45, 7) is 1.69. The van der Waals surface area contributed by atoms with E-state index in [1.54, 1.807) is 24.3 Å². The Labute approximate surface area is 187 Å². The first-order chi connectivity index (χ1) is 15.2. The third kappa shape index (κ3) is 4.54. The number of carbonyl (C=O) groups is 1. The largest absolute Gasteiger partial charge is 0.389 e. The van der Waals surface area contributed by atoms with Gasteiger partial charge < -0.3 is 9.67 Å². The summed E-state index contributed by atoms with van der Waals surface area (Å²) < 4.78 is 28.3. The molecule has 6 nitrogen and oxygen atoms in total. The van der Waals surface area contributed by atoms with Crippen LogP contribution in [0.25, 0.3) is 21.8 Å². The second-order valence-corrected chi connectivity index (χ2v) is 10.0. The second-order valence-electron chi connectivity index (χ2n) is 8.14. The van der Waals surface area contributed by atoms with Crippen molar-refractivity contribution in [1.82, 2.24) is 4.57 Å². The zero-order valence-corrected chi connectivity index (χ0v) is 18.9. The van der Waals surface area contributed by atoms with Gasteiger partial charge in [0.05, 0.1) is 31.1 Å². The molecule has 0 saturated heterocycles. The number of aliphatic hydroxyl groups is 1. The summed E-state index contributed by atoms with van der Waals surface area (Å²) in [7, 11) is -3.62. The van der Waals surface area contributed by atoms with E-state index in [-0.39, 0.29) is 18.9 Å². The highest BCUT2D eigenvalue weighted by atomic mass is 32.2. The molecule has 1 heterocycles. The third-order valence-electron chi connectivity index (χ3n) is 5.53. The Morgan fingerprint density at radius 1 is 0.938 bits per heavy atom. The summed E-state index contributed by atoms with van der Waals surface area (Å²) in [5.74, 6) is 0.0410. The smallest absolute Gasteiger partial charge is 0.232 e. The highest BCUT2D eigenvalue weighted by molar-refractivity contribution is 7.92. The van der Waals surface area contributed by atoms with Crippen LogP contribution < -0.4 is 4.31 Å². The number of rotatable bonds is 8. The minimum Gasteiger partial charge on any atom is -0.389 e. The van der Waals surface area contributed by atoms with Gasteiger partial charge in [-0.2, -0.15) is 0 Å². The van der Waals surface area contributed by atoms with E-state index in [1.807, 2.05) is 53.1 Å². The first-order valence-electron chi connectivity index (χ1n) is 10.4. The van der Waals surface area contributed by atoms with E-state index < -0.39 is 16.1 Å². The van der Waals surface area contributed by atoms with Crippen molar-refractivity contribution >= 4 is 43.3 Å². The Kier molecular flexibility index (Phi) is 6.04. The van der Waals surface area contributed by atoms with Gasteiger partial charge in [-0.05, 0) is 36.8 Å². The maximum Gasteiger partial charge on any atom is 0.232 e. The van der Waals surface area contributed by atoms with Gasteiger partial charge in [-0.25, -0.2) is 8.42 Å². The van der Waals surface area contributed by atoms with Crippen molar-refractivity contribution in [2.75, 3.05) is 17.1 Å². The number of para-hydroxylation sites is 2. The average molecular weight is 451 g/mol. The molecular weight excluding hydrogens is 424 g/mol. The van der Waals surface area contributed by atoms with Crippen LogP contribution in [-0.4, -0.2) is 42.8 Å². The molecule has 0 aliphatic rings. The number of benzene rings is 3. The summed E-state index contributed by atoms with van der Waals surface area (Å²) >= 11 is 0. The normalized spacial score (nSPS) is 12.8. The van der Waals surface area contributed by atoms with Crippen molar-refractivity contribution in [3.63, 3.8) is 0 Å². The van der Waals surface area contributed by atoms with Crippen molar-refractivity contribution < 1.29 is 18.3 Å². The molecule has 1 atom stereocenters. The maximum atomic E-state index is 12.5. The van der Waals surface area contributed by atoms with Crippen molar-refractivity contribution in [3.8, 4) is 0 Å². The minimum absolute atomic E-state index is 0.0410. The molecule has 0 radical (unpaired) electrons. The van der Waals surface area contributed by atoms with Crippen LogP contribution in [0.4, 0.5) is 5.69 Å². The Morgan fingerprint density at radius 3 is 1.97 bits per heavy atom. The lowest BCUT2D eigenvalue weighted by Crippen LogP contribution is -2.38. The SMILES string of the molecule is CC(=O)Cc1ccc(N(CC(O)Cn2c3ccccc3c3ccccc32)S(C)(=O)=O)cc1. The minimum atomic E-state index is -3.62. The fraction of sp³-hybridized carbons (Fsp3) is 0.240. The van der Waals surface area contributed by atoms with E-state index in [2.05, 4.69) is 0 Å². The van der Waals surface area contributed by atoms with Gasteiger partial charge in [0.1, 0.15) is 5.78 Å². The maximum absolute atomic E-state index is 12.5. The molecule has 0 fully saturated rings. The molecule has 0 spiro atoms. The predicted molar refractivity (Wildman–Crippen MR) is 128 cm³/mol. The molecule has 4 aromatic rings. The van der Waals surface area contributed by atoms with Gasteiger partial charge in [-0.1, -0.05) is 48.5 Å². The van der Waals surface area contributed by atoms with Crippen LogP contribution in [-0.2, 0) is 27.8 Å². The molecule has 1 unspecified atom stereocenters. The highest BCUT2D eigenvalue weighted by Crippen LogP contribution is 2.29. The van der Waals surface area contributed by atoms with Gasteiger partial charge >= 0.3 is 0 Å². The quantitative estimate of drug-likeness (QED) is 0.443. The van der Waals surface area contributed by atoms with Gasteiger partial charge in [-0.15, -0.1) is 0 Å². The summed E-state index contributed by atoms with van der Waals surface area (Å²) in [6, 6.07) is 22.8. The van der Waals surface area contributed by atoms with Crippen molar-refractivity contribution in [3.05, 3.63) is 78.4 Å². The van der Waals surface area contributed by atoms with E-state index in [0.717, 1.165) is 33.6 Å². The van der Waals surface area contributed by atoms with E-state index >= 15 is 0 Å². The molecule has 166 valence electrons. The number of anilines is 1. The van der Waals surface area contributed by atoms with Gasteiger partial charge in [0.25, 0.3) is 0 Å². The number of nitrogens with zero attached hydrogens (tertiary/aromatic N) is 2. The highest BCUT2D eigenvalue weighted by Gasteiger charge is 2.22. The first-order valence-corrected chi connectivity index (χ1v) is 12.3. The molecule has 32 heavy (non-hydrogen) atoms. The molecular formula is C25H26N2O4S. The first kappa shape index (κ1) is 22.0. The topological polar surface area (TPSA) is 79.6 Å². The fourth-order valence-electron chi connectivity index (χ4n) is 4.16. The molecule has 0 aliphatic heterocycles. The summed E-state index contributed by atoms with van der Waals surface area (Å²) in [6.07, 6.45) is 0.500.